The minimum Gasteiger partial charge on any atom is -0.459 e. The Morgan fingerprint density at radius 1 is 0.692 bits per heavy atom. The lowest BCUT2D eigenvalue weighted by molar-refractivity contribution is -0.384. The molecule has 0 bridgehead atoms. The Morgan fingerprint density at radius 3 is 1.31 bits per heavy atom. The highest BCUT2D eigenvalue weighted by Crippen LogP contribution is 2.58. The van der Waals surface area contributed by atoms with E-state index in [1.165, 1.54) is 12.1 Å². The number of ether oxygens (including phenoxy) is 3. The summed E-state index contributed by atoms with van der Waals surface area (Å²) in [4.78, 5) is 58.0. The zero-order valence-electron chi connectivity index (χ0n) is 33.1. The standard InChI is InChI=1S/C36H62N5O10P/c1-12-48-52(11,47)33(28-13-15-29(16-14-28)41(45)46)40-23-21-38(26-31(43)50-35(5,6)7)19-17-37(25-30(42)49-34(2,3)4)18-20-39(22-24-40)27-32(44)51-36(8,9)10/h13-16,33H,12,17-27H2,1-11H3. The van der Waals surface area contributed by atoms with Gasteiger partial charge in [0.1, 0.15) is 22.6 Å². The molecule has 1 aliphatic heterocycles. The molecule has 2 unspecified atom stereocenters. The second-order valence-electron chi connectivity index (χ2n) is 16.2. The molecule has 0 aliphatic carbocycles. The summed E-state index contributed by atoms with van der Waals surface area (Å²) in [6.45, 7) is 22.6. The number of carbonyl (C=O) groups excluding carboxylic acids is 3. The molecule has 1 aromatic carbocycles. The SMILES string of the molecule is CCOP(C)(=O)C(c1ccc([N+](=O)[O-])cc1)N1CCN(CC(=O)OC(C)(C)C)CCN(CC(=O)OC(C)(C)C)CCN(CC(=O)OC(C)(C)C)CC1. The van der Waals surface area contributed by atoms with Gasteiger partial charge in [0, 0.05) is 71.2 Å². The van der Waals surface area contributed by atoms with Crippen LogP contribution in [0.3, 0.4) is 0 Å². The van der Waals surface area contributed by atoms with Crippen molar-refractivity contribution in [2.45, 2.75) is 91.8 Å². The number of nitrogens with zero attached hydrogens (tertiary/aromatic N) is 5. The number of hydrogen-bond donors (Lipinski definition) is 0. The molecule has 1 aliphatic rings. The quantitative estimate of drug-likeness (QED) is 0.0942. The Morgan fingerprint density at radius 2 is 1.02 bits per heavy atom. The summed E-state index contributed by atoms with van der Waals surface area (Å²) in [6.07, 6.45) is 0. The van der Waals surface area contributed by atoms with Crippen molar-refractivity contribution in [2.75, 3.05) is 85.3 Å². The number of hydrogen-bond acceptors (Lipinski definition) is 14. The van der Waals surface area contributed by atoms with E-state index in [4.69, 9.17) is 18.7 Å². The first kappa shape index (κ1) is 45.2. The molecule has 0 N–H and O–H groups in total. The number of nitro benzene ring substituents is 1. The van der Waals surface area contributed by atoms with Crippen LogP contribution in [0.5, 0.6) is 0 Å². The maximum Gasteiger partial charge on any atom is 0.320 e. The first-order valence-electron chi connectivity index (χ1n) is 17.9. The molecule has 0 spiro atoms. The van der Waals surface area contributed by atoms with Crippen molar-refractivity contribution in [3.63, 3.8) is 0 Å². The lowest BCUT2D eigenvalue weighted by Gasteiger charge is -2.39. The number of carbonyl (C=O) groups is 3. The summed E-state index contributed by atoms with van der Waals surface area (Å²) >= 11 is 0. The van der Waals surface area contributed by atoms with Crippen LogP contribution in [0.15, 0.2) is 24.3 Å². The number of nitro groups is 1. The Labute approximate surface area is 309 Å². The smallest absolute Gasteiger partial charge is 0.320 e. The zero-order valence-corrected chi connectivity index (χ0v) is 34.0. The van der Waals surface area contributed by atoms with Gasteiger partial charge in [0.2, 0.25) is 7.37 Å². The van der Waals surface area contributed by atoms with Crippen molar-refractivity contribution in [1.29, 1.82) is 0 Å². The van der Waals surface area contributed by atoms with Crippen LogP contribution >= 0.6 is 7.37 Å². The molecule has 2 rings (SSSR count). The van der Waals surface area contributed by atoms with Crippen molar-refractivity contribution >= 4 is 31.0 Å². The third-order valence-corrected chi connectivity index (χ3v) is 10.1. The molecule has 0 aromatic heterocycles. The molecule has 0 saturated carbocycles. The van der Waals surface area contributed by atoms with Crippen molar-refractivity contribution in [2.24, 2.45) is 0 Å². The average molecular weight is 756 g/mol. The Balaban J connectivity index is 2.58. The van der Waals surface area contributed by atoms with Crippen LogP contribution in [0.25, 0.3) is 0 Å². The van der Waals surface area contributed by atoms with Gasteiger partial charge in [-0.3, -0.25) is 48.7 Å². The van der Waals surface area contributed by atoms with Gasteiger partial charge in [0.25, 0.3) is 5.69 Å². The summed E-state index contributed by atoms with van der Waals surface area (Å²) in [7, 11) is -3.43. The van der Waals surface area contributed by atoms with E-state index in [9.17, 15) is 29.1 Å². The lowest BCUT2D eigenvalue weighted by atomic mass is 10.2. The van der Waals surface area contributed by atoms with Gasteiger partial charge in [-0.2, -0.15) is 0 Å². The third kappa shape index (κ3) is 17.3. The van der Waals surface area contributed by atoms with Crippen molar-refractivity contribution < 1.29 is 42.6 Å². The van der Waals surface area contributed by atoms with E-state index in [1.807, 2.05) is 40.4 Å². The van der Waals surface area contributed by atoms with E-state index in [1.54, 1.807) is 67.3 Å². The topological polar surface area (TPSA) is 161 Å². The molecule has 0 radical (unpaired) electrons. The number of benzene rings is 1. The maximum absolute atomic E-state index is 14.4. The van der Waals surface area contributed by atoms with Gasteiger partial charge in [0.15, 0.2) is 0 Å². The molecule has 15 nitrogen and oxygen atoms in total. The van der Waals surface area contributed by atoms with Gasteiger partial charge in [0.05, 0.1) is 31.2 Å². The molecule has 2 atom stereocenters. The molecule has 296 valence electrons. The molecule has 16 heteroatoms. The van der Waals surface area contributed by atoms with Gasteiger partial charge < -0.3 is 18.7 Å². The van der Waals surface area contributed by atoms with Crippen molar-refractivity contribution in [1.82, 2.24) is 19.6 Å². The zero-order chi connectivity index (χ0) is 39.5. The van der Waals surface area contributed by atoms with Crippen LogP contribution < -0.4 is 0 Å². The second-order valence-corrected chi connectivity index (χ2v) is 18.7. The van der Waals surface area contributed by atoms with E-state index in [0.29, 0.717) is 57.9 Å². The van der Waals surface area contributed by atoms with Crippen LogP contribution in [0.2, 0.25) is 0 Å². The van der Waals surface area contributed by atoms with Crippen LogP contribution in [-0.2, 0) is 37.7 Å². The Kier molecular flexibility index (Phi) is 16.9. The largest absolute Gasteiger partial charge is 0.459 e. The summed E-state index contributed by atoms with van der Waals surface area (Å²) in [6, 6.07) is 5.96. The predicted molar refractivity (Wildman–Crippen MR) is 199 cm³/mol. The molecular formula is C36H62N5O10P. The van der Waals surface area contributed by atoms with Gasteiger partial charge in [-0.25, -0.2) is 0 Å². The Bertz CT molecular complexity index is 1340. The van der Waals surface area contributed by atoms with Crippen LogP contribution in [-0.4, -0.2) is 144 Å². The highest BCUT2D eigenvalue weighted by atomic mass is 31.2. The minimum absolute atomic E-state index is 0.0134. The van der Waals surface area contributed by atoms with Crippen LogP contribution in [0.1, 0.15) is 80.6 Å². The first-order chi connectivity index (χ1) is 23.9. The van der Waals surface area contributed by atoms with E-state index in [2.05, 4.69) is 0 Å². The van der Waals surface area contributed by atoms with Crippen LogP contribution in [0, 0.1) is 10.1 Å². The average Bonchev–Trinajstić information content (AvgIpc) is 2.95. The summed E-state index contributed by atoms with van der Waals surface area (Å²) in [5.41, 5.74) is -1.56. The van der Waals surface area contributed by atoms with Crippen LogP contribution in [0.4, 0.5) is 5.69 Å². The van der Waals surface area contributed by atoms with Crippen molar-refractivity contribution in [3.05, 3.63) is 39.9 Å². The molecule has 1 aromatic rings. The predicted octanol–water partition coefficient (Wildman–Crippen LogP) is 4.78. The molecule has 52 heavy (non-hydrogen) atoms. The number of non-ortho nitro benzene ring substituents is 1. The maximum atomic E-state index is 14.4. The number of esters is 3. The van der Waals surface area contributed by atoms with Gasteiger partial charge in [-0.1, -0.05) is 12.1 Å². The van der Waals surface area contributed by atoms with Gasteiger partial charge in [-0.05, 0) is 74.8 Å². The fraction of sp³-hybridized carbons (Fsp3) is 0.750. The second kappa shape index (κ2) is 19.4. The molecule has 0 amide bonds. The first-order valence-corrected chi connectivity index (χ1v) is 20.0. The normalized spacial score (nSPS) is 18.7. The van der Waals surface area contributed by atoms with Gasteiger partial charge in [-0.15, -0.1) is 0 Å². The monoisotopic (exact) mass is 755 g/mol. The lowest BCUT2D eigenvalue weighted by Crippen LogP contribution is -2.50. The minimum atomic E-state index is -3.43. The van der Waals surface area contributed by atoms with E-state index in [-0.39, 0.29) is 37.9 Å². The summed E-state index contributed by atoms with van der Waals surface area (Å²) in [5, 5.41) is 11.5. The van der Waals surface area contributed by atoms with Crippen molar-refractivity contribution in [3.8, 4) is 0 Å². The van der Waals surface area contributed by atoms with E-state index in [0.717, 1.165) is 0 Å². The Hall–Kier alpha value is -2.94. The molecule has 1 heterocycles. The number of rotatable bonds is 12. The summed E-state index contributed by atoms with van der Waals surface area (Å²) in [5.74, 6) is -1.98. The highest BCUT2D eigenvalue weighted by Gasteiger charge is 2.37. The van der Waals surface area contributed by atoms with Gasteiger partial charge >= 0.3 is 17.9 Å². The fourth-order valence-corrected chi connectivity index (χ4v) is 8.01. The molecule has 1 fully saturated rings. The van der Waals surface area contributed by atoms with E-state index < -0.39 is 46.8 Å². The molecular weight excluding hydrogens is 693 g/mol. The van der Waals surface area contributed by atoms with E-state index >= 15 is 0 Å². The highest BCUT2D eigenvalue weighted by molar-refractivity contribution is 7.58. The summed E-state index contributed by atoms with van der Waals surface area (Å²) < 4.78 is 37.2. The fourth-order valence-electron chi connectivity index (χ4n) is 5.81. The molecule has 1 saturated heterocycles. The third-order valence-electron chi connectivity index (χ3n) is 7.77.